The second-order valence-electron chi connectivity index (χ2n) is 9.10. The van der Waals surface area contributed by atoms with Crippen LogP contribution in [0.25, 0.3) is 15.9 Å². The first-order valence-electron chi connectivity index (χ1n) is 12.0. The summed E-state index contributed by atoms with van der Waals surface area (Å²) in [6, 6.07) is 14.9. The molecule has 1 N–H and O–H groups in total. The number of aromatic nitrogens is 2. The second-order valence-corrected chi connectivity index (χ2v) is 11.1. The largest absolute Gasteiger partial charge is 0.486 e. The third-order valence-electron chi connectivity index (χ3n) is 6.47. The Morgan fingerprint density at radius 3 is 2.81 bits per heavy atom. The Bertz CT molecular complexity index is 1510. The fourth-order valence-corrected chi connectivity index (χ4v) is 6.96. The van der Waals surface area contributed by atoms with E-state index in [1.165, 1.54) is 16.6 Å². The third kappa shape index (κ3) is 4.37. The molecule has 0 unspecified atom stereocenters. The number of thiophene rings is 1. The van der Waals surface area contributed by atoms with Crippen LogP contribution in [0.2, 0.25) is 0 Å². The summed E-state index contributed by atoms with van der Waals surface area (Å²) >= 11 is 2.89. The number of ether oxygens (including phenoxy) is 2. The van der Waals surface area contributed by atoms with Crippen LogP contribution < -0.4 is 20.3 Å². The van der Waals surface area contributed by atoms with Crippen molar-refractivity contribution in [3.05, 3.63) is 69.3 Å². The van der Waals surface area contributed by atoms with E-state index in [1.807, 2.05) is 30.3 Å². The van der Waals surface area contributed by atoms with Crippen LogP contribution in [0.5, 0.6) is 11.5 Å². The second kappa shape index (κ2) is 9.63. The molecular formula is C27H25N3O4S2. The number of carbonyl (C=O) groups excluding carboxylic acids is 1. The summed E-state index contributed by atoms with van der Waals surface area (Å²) in [6.45, 7) is 3.25. The molecule has 0 bridgehead atoms. The van der Waals surface area contributed by atoms with E-state index in [0.29, 0.717) is 41.5 Å². The Labute approximate surface area is 216 Å². The first kappa shape index (κ1) is 23.1. The van der Waals surface area contributed by atoms with Crippen molar-refractivity contribution in [2.75, 3.05) is 24.3 Å². The van der Waals surface area contributed by atoms with Crippen molar-refractivity contribution < 1.29 is 14.3 Å². The van der Waals surface area contributed by atoms with E-state index in [9.17, 15) is 9.59 Å². The van der Waals surface area contributed by atoms with E-state index in [1.54, 1.807) is 34.1 Å². The van der Waals surface area contributed by atoms with Gasteiger partial charge in [-0.1, -0.05) is 36.9 Å². The molecule has 2 aliphatic rings. The zero-order valence-corrected chi connectivity index (χ0v) is 21.4. The van der Waals surface area contributed by atoms with Gasteiger partial charge in [0.1, 0.15) is 18.0 Å². The predicted octanol–water partition coefficient (Wildman–Crippen LogP) is 5.07. The number of benzene rings is 2. The molecule has 36 heavy (non-hydrogen) atoms. The summed E-state index contributed by atoms with van der Waals surface area (Å²) in [4.78, 5) is 33.6. The first-order chi connectivity index (χ1) is 17.6. The zero-order chi connectivity index (χ0) is 24.6. The van der Waals surface area contributed by atoms with Gasteiger partial charge in [-0.05, 0) is 55.0 Å². The topological polar surface area (TPSA) is 82.4 Å². The summed E-state index contributed by atoms with van der Waals surface area (Å²) in [6.07, 6.45) is 2.98. The van der Waals surface area contributed by atoms with Gasteiger partial charge in [-0.25, -0.2) is 4.98 Å². The number of aryl methyl sites for hydroxylation is 1. The number of nitrogens with zero attached hydrogens (tertiary/aromatic N) is 2. The van der Waals surface area contributed by atoms with E-state index in [2.05, 4.69) is 12.2 Å². The number of carbonyl (C=O) groups is 1. The number of para-hydroxylation sites is 1. The monoisotopic (exact) mass is 519 g/mol. The molecule has 1 aliphatic heterocycles. The van der Waals surface area contributed by atoms with Crippen molar-refractivity contribution in [3.63, 3.8) is 0 Å². The number of fused-ring (bicyclic) bond motifs is 4. The highest BCUT2D eigenvalue weighted by Gasteiger charge is 2.25. The van der Waals surface area contributed by atoms with Crippen LogP contribution in [-0.4, -0.2) is 34.4 Å². The van der Waals surface area contributed by atoms with Gasteiger partial charge in [-0.2, -0.15) is 0 Å². The van der Waals surface area contributed by atoms with Crippen LogP contribution in [0.15, 0.2) is 58.5 Å². The minimum Gasteiger partial charge on any atom is -0.486 e. The van der Waals surface area contributed by atoms with E-state index >= 15 is 0 Å². The number of thioether (sulfide) groups is 1. The lowest BCUT2D eigenvalue weighted by Crippen LogP contribution is -2.23. The van der Waals surface area contributed by atoms with Crippen molar-refractivity contribution >= 4 is 44.9 Å². The van der Waals surface area contributed by atoms with Crippen LogP contribution >= 0.6 is 23.1 Å². The Kier molecular flexibility index (Phi) is 6.18. The summed E-state index contributed by atoms with van der Waals surface area (Å²) in [5.41, 5.74) is 2.47. The average molecular weight is 520 g/mol. The van der Waals surface area contributed by atoms with E-state index < -0.39 is 0 Å². The number of nitrogens with one attached hydrogen (secondary N) is 1. The molecule has 4 aromatic rings. The molecule has 3 heterocycles. The van der Waals surface area contributed by atoms with Gasteiger partial charge in [-0.15, -0.1) is 11.3 Å². The molecule has 0 saturated heterocycles. The fraction of sp³-hybridized carbons (Fsp3) is 0.296. The smallest absolute Gasteiger partial charge is 0.267 e. The molecule has 1 aliphatic carbocycles. The minimum atomic E-state index is -0.190. The van der Waals surface area contributed by atoms with Crippen molar-refractivity contribution in [2.24, 2.45) is 5.92 Å². The molecule has 0 radical (unpaired) electrons. The maximum atomic E-state index is 13.8. The number of hydrogen-bond donors (Lipinski definition) is 1. The molecule has 0 fully saturated rings. The Morgan fingerprint density at radius 2 is 1.97 bits per heavy atom. The van der Waals surface area contributed by atoms with Crippen LogP contribution in [-0.2, 0) is 17.6 Å². The maximum Gasteiger partial charge on any atom is 0.267 e. The maximum absolute atomic E-state index is 13.8. The molecule has 184 valence electrons. The summed E-state index contributed by atoms with van der Waals surface area (Å²) in [5, 5.41) is 4.16. The molecular weight excluding hydrogens is 494 g/mol. The lowest BCUT2D eigenvalue weighted by molar-refractivity contribution is -0.113. The number of rotatable bonds is 5. The van der Waals surface area contributed by atoms with Gasteiger partial charge in [0.25, 0.3) is 5.56 Å². The Balaban J connectivity index is 1.31. The minimum absolute atomic E-state index is 0.0620. The Morgan fingerprint density at radius 1 is 1.17 bits per heavy atom. The Hall–Kier alpha value is -3.30. The molecule has 9 heteroatoms. The predicted molar refractivity (Wildman–Crippen MR) is 143 cm³/mol. The van der Waals surface area contributed by atoms with Gasteiger partial charge >= 0.3 is 0 Å². The molecule has 2 aromatic heterocycles. The highest BCUT2D eigenvalue weighted by atomic mass is 32.2. The number of anilines is 1. The molecule has 7 nitrogen and oxygen atoms in total. The zero-order valence-electron chi connectivity index (χ0n) is 19.8. The van der Waals surface area contributed by atoms with Gasteiger partial charge in [-0.3, -0.25) is 14.2 Å². The SMILES string of the molecule is C[C@@H]1CCc2c(sc3nc(SCC(=O)Nc4ccc5c(c4)OCCO5)n(-c4ccccc4)c(=O)c23)C1. The van der Waals surface area contributed by atoms with E-state index in [4.69, 9.17) is 14.5 Å². The number of amides is 1. The summed E-state index contributed by atoms with van der Waals surface area (Å²) in [7, 11) is 0. The van der Waals surface area contributed by atoms with Crippen molar-refractivity contribution in [1.29, 1.82) is 0 Å². The molecule has 0 saturated carbocycles. The van der Waals surface area contributed by atoms with Crippen molar-refractivity contribution in [3.8, 4) is 17.2 Å². The van der Waals surface area contributed by atoms with Crippen molar-refractivity contribution in [2.45, 2.75) is 31.3 Å². The molecule has 1 atom stereocenters. The standard InChI is InChI=1S/C27H25N3O4S2/c1-16-7-9-19-22(13-16)36-25-24(19)26(32)30(18-5-3-2-4-6-18)27(29-25)35-15-23(31)28-17-8-10-20-21(14-17)34-12-11-33-20/h2-6,8,10,14,16H,7,9,11-13,15H2,1H3,(H,28,31)/t16-/m1/s1. The van der Waals surface area contributed by atoms with Crippen LogP contribution in [0.4, 0.5) is 5.69 Å². The molecule has 0 spiro atoms. The van der Waals surface area contributed by atoms with Crippen LogP contribution in [0.3, 0.4) is 0 Å². The van der Waals surface area contributed by atoms with Crippen LogP contribution in [0.1, 0.15) is 23.8 Å². The lowest BCUT2D eigenvalue weighted by atomic mass is 9.89. The number of hydrogen-bond acceptors (Lipinski definition) is 7. The highest BCUT2D eigenvalue weighted by Crippen LogP contribution is 2.37. The van der Waals surface area contributed by atoms with Crippen molar-refractivity contribution in [1.82, 2.24) is 9.55 Å². The van der Waals surface area contributed by atoms with Gasteiger partial charge in [0, 0.05) is 16.6 Å². The van der Waals surface area contributed by atoms with Gasteiger partial charge in [0.2, 0.25) is 5.91 Å². The van der Waals surface area contributed by atoms with Gasteiger partial charge < -0.3 is 14.8 Å². The van der Waals surface area contributed by atoms with E-state index in [0.717, 1.165) is 40.7 Å². The van der Waals surface area contributed by atoms with Gasteiger partial charge in [0.05, 0.1) is 16.8 Å². The summed E-state index contributed by atoms with van der Waals surface area (Å²) < 4.78 is 12.8. The molecule has 6 rings (SSSR count). The average Bonchev–Trinajstić information content (AvgIpc) is 3.25. The molecule has 1 amide bonds. The summed E-state index contributed by atoms with van der Waals surface area (Å²) in [5.74, 6) is 1.82. The van der Waals surface area contributed by atoms with E-state index in [-0.39, 0.29) is 17.2 Å². The normalized spacial score (nSPS) is 16.5. The first-order valence-corrected chi connectivity index (χ1v) is 13.8. The third-order valence-corrected chi connectivity index (χ3v) is 8.56. The lowest BCUT2D eigenvalue weighted by Gasteiger charge is -2.19. The fourth-order valence-electron chi connectivity index (χ4n) is 4.72. The molecule has 2 aromatic carbocycles. The van der Waals surface area contributed by atoms with Crippen LogP contribution in [0, 0.1) is 5.92 Å². The van der Waals surface area contributed by atoms with Gasteiger partial charge in [0.15, 0.2) is 16.7 Å². The quantitative estimate of drug-likeness (QED) is 0.293. The highest BCUT2D eigenvalue weighted by molar-refractivity contribution is 7.99.